The second kappa shape index (κ2) is 5.44. The van der Waals surface area contributed by atoms with Crippen LogP contribution in [0.4, 0.5) is 0 Å². The van der Waals surface area contributed by atoms with Gasteiger partial charge >= 0.3 is 0 Å². The summed E-state index contributed by atoms with van der Waals surface area (Å²) in [5, 5.41) is 4.71. The van der Waals surface area contributed by atoms with Gasteiger partial charge in [-0.05, 0) is 12.0 Å². The molecule has 1 fully saturated rings. The zero-order valence-electron chi connectivity index (χ0n) is 9.81. The van der Waals surface area contributed by atoms with Gasteiger partial charge in [-0.2, -0.15) is 0 Å². The van der Waals surface area contributed by atoms with Crippen LogP contribution in [0.3, 0.4) is 0 Å². The summed E-state index contributed by atoms with van der Waals surface area (Å²) in [5.74, 6) is -0.977. The average molecular weight is 246 g/mol. The number of hydrogen-bond donors (Lipinski definition) is 2. The number of aryl methyl sites for hydroxylation is 1. The first kappa shape index (κ1) is 12.3. The minimum absolute atomic E-state index is 0.0376. The molecule has 1 heterocycles. The van der Waals surface area contributed by atoms with Crippen LogP contribution in [0.25, 0.3) is 0 Å². The zero-order chi connectivity index (χ0) is 13.0. The van der Waals surface area contributed by atoms with Gasteiger partial charge in [0.1, 0.15) is 6.04 Å². The van der Waals surface area contributed by atoms with E-state index < -0.39 is 11.9 Å². The van der Waals surface area contributed by atoms with Crippen molar-refractivity contribution in [1.29, 1.82) is 0 Å². The fourth-order valence-corrected chi connectivity index (χ4v) is 1.84. The summed E-state index contributed by atoms with van der Waals surface area (Å²) in [6.45, 7) is 0. The van der Waals surface area contributed by atoms with Crippen LogP contribution in [0.5, 0.6) is 0 Å². The number of imide groups is 1. The molecule has 1 aliphatic rings. The minimum Gasteiger partial charge on any atom is -0.344 e. The van der Waals surface area contributed by atoms with Crippen LogP contribution < -0.4 is 10.6 Å². The predicted molar refractivity (Wildman–Crippen MR) is 64.5 cm³/mol. The maximum Gasteiger partial charge on any atom is 0.249 e. The van der Waals surface area contributed by atoms with Crippen LogP contribution in [-0.4, -0.2) is 23.8 Å². The molecular formula is C13H14N2O3. The molecule has 5 heteroatoms. The van der Waals surface area contributed by atoms with Gasteiger partial charge in [-0.15, -0.1) is 0 Å². The smallest absolute Gasteiger partial charge is 0.249 e. The lowest BCUT2D eigenvalue weighted by molar-refractivity contribution is -0.128. The molecule has 94 valence electrons. The topological polar surface area (TPSA) is 75.3 Å². The van der Waals surface area contributed by atoms with Gasteiger partial charge in [0.05, 0.1) is 6.42 Å². The molecule has 18 heavy (non-hydrogen) atoms. The van der Waals surface area contributed by atoms with Crippen molar-refractivity contribution in [1.82, 2.24) is 10.6 Å². The lowest BCUT2D eigenvalue weighted by Gasteiger charge is -2.08. The van der Waals surface area contributed by atoms with Crippen molar-refractivity contribution < 1.29 is 14.4 Å². The summed E-state index contributed by atoms with van der Waals surface area (Å²) in [5.41, 5.74) is 1.07. The second-order valence-corrected chi connectivity index (χ2v) is 4.22. The molecule has 0 radical (unpaired) electrons. The lowest BCUT2D eigenvalue weighted by Crippen LogP contribution is -2.40. The summed E-state index contributed by atoms with van der Waals surface area (Å²) >= 11 is 0. The van der Waals surface area contributed by atoms with E-state index in [9.17, 15) is 14.4 Å². The molecule has 0 spiro atoms. The van der Waals surface area contributed by atoms with Gasteiger partial charge in [0.15, 0.2) is 0 Å². The summed E-state index contributed by atoms with van der Waals surface area (Å²) in [6, 6.07) is 8.92. The van der Waals surface area contributed by atoms with Gasteiger partial charge in [-0.3, -0.25) is 19.7 Å². The van der Waals surface area contributed by atoms with Crippen LogP contribution in [0.15, 0.2) is 30.3 Å². The first-order chi connectivity index (χ1) is 8.65. The largest absolute Gasteiger partial charge is 0.344 e. The highest BCUT2D eigenvalue weighted by atomic mass is 16.2. The van der Waals surface area contributed by atoms with Crippen molar-refractivity contribution in [2.45, 2.75) is 25.3 Å². The molecule has 1 aromatic rings. The van der Waals surface area contributed by atoms with Crippen molar-refractivity contribution in [3.05, 3.63) is 35.9 Å². The Bertz CT molecular complexity index is 470. The third-order valence-corrected chi connectivity index (χ3v) is 2.79. The molecule has 1 unspecified atom stereocenters. The van der Waals surface area contributed by atoms with Crippen molar-refractivity contribution in [2.24, 2.45) is 0 Å². The Morgan fingerprint density at radius 1 is 1.28 bits per heavy atom. The number of carbonyl (C=O) groups is 3. The molecule has 3 amide bonds. The van der Waals surface area contributed by atoms with E-state index in [4.69, 9.17) is 0 Å². The SMILES string of the molecule is O=C1CC(NC(=O)CCc2ccccc2)C(=O)N1. The van der Waals surface area contributed by atoms with Crippen LogP contribution in [0, 0.1) is 0 Å². The standard InChI is InChI=1S/C13H14N2O3/c16-11(7-6-9-4-2-1-3-5-9)14-10-8-12(17)15-13(10)18/h1-5,10H,6-8H2,(H,14,16)(H,15,17,18). The van der Waals surface area contributed by atoms with E-state index in [2.05, 4.69) is 10.6 Å². The van der Waals surface area contributed by atoms with Crippen molar-refractivity contribution in [3.8, 4) is 0 Å². The molecule has 0 aliphatic carbocycles. The van der Waals surface area contributed by atoms with Crippen LogP contribution in [0.1, 0.15) is 18.4 Å². The highest BCUT2D eigenvalue weighted by molar-refractivity contribution is 6.06. The number of carbonyl (C=O) groups excluding carboxylic acids is 3. The van der Waals surface area contributed by atoms with E-state index in [1.54, 1.807) is 0 Å². The number of amides is 3. The molecule has 0 saturated carbocycles. The van der Waals surface area contributed by atoms with E-state index >= 15 is 0 Å². The predicted octanol–water partition coefficient (Wildman–Crippen LogP) is 0.150. The van der Waals surface area contributed by atoms with E-state index in [1.807, 2.05) is 30.3 Å². The van der Waals surface area contributed by atoms with Gasteiger partial charge in [0, 0.05) is 6.42 Å². The fourth-order valence-electron chi connectivity index (χ4n) is 1.84. The maximum atomic E-state index is 11.6. The number of benzene rings is 1. The third-order valence-electron chi connectivity index (χ3n) is 2.79. The number of rotatable bonds is 4. The Kier molecular flexibility index (Phi) is 3.72. The minimum atomic E-state index is -0.708. The summed E-state index contributed by atoms with van der Waals surface area (Å²) in [7, 11) is 0. The first-order valence-corrected chi connectivity index (χ1v) is 5.82. The molecule has 1 saturated heterocycles. The van der Waals surface area contributed by atoms with Crippen molar-refractivity contribution in [3.63, 3.8) is 0 Å². The van der Waals surface area contributed by atoms with Gasteiger partial charge < -0.3 is 5.32 Å². The molecule has 1 atom stereocenters. The number of nitrogens with one attached hydrogen (secondary N) is 2. The Balaban J connectivity index is 1.79. The summed E-state index contributed by atoms with van der Waals surface area (Å²) < 4.78 is 0. The average Bonchev–Trinajstić information content (AvgIpc) is 2.67. The molecule has 5 nitrogen and oxygen atoms in total. The van der Waals surface area contributed by atoms with E-state index in [0.29, 0.717) is 12.8 Å². The normalized spacial score (nSPS) is 18.6. The van der Waals surface area contributed by atoms with Crippen LogP contribution in [-0.2, 0) is 20.8 Å². The molecular weight excluding hydrogens is 232 g/mol. The lowest BCUT2D eigenvalue weighted by atomic mass is 10.1. The Morgan fingerprint density at radius 2 is 2.00 bits per heavy atom. The van der Waals surface area contributed by atoms with Crippen LogP contribution in [0.2, 0.25) is 0 Å². The van der Waals surface area contributed by atoms with Gasteiger partial charge in [0.25, 0.3) is 0 Å². The van der Waals surface area contributed by atoms with Crippen LogP contribution >= 0.6 is 0 Å². The fraction of sp³-hybridized carbons (Fsp3) is 0.308. The molecule has 1 aliphatic heterocycles. The molecule has 0 bridgehead atoms. The maximum absolute atomic E-state index is 11.6. The van der Waals surface area contributed by atoms with E-state index in [1.165, 1.54) is 0 Å². The molecule has 2 N–H and O–H groups in total. The summed E-state index contributed by atoms with van der Waals surface area (Å²) in [6.07, 6.45) is 0.965. The Hall–Kier alpha value is -2.17. The number of hydrogen-bond acceptors (Lipinski definition) is 3. The Morgan fingerprint density at radius 3 is 2.61 bits per heavy atom. The first-order valence-electron chi connectivity index (χ1n) is 5.82. The highest BCUT2D eigenvalue weighted by Gasteiger charge is 2.31. The van der Waals surface area contributed by atoms with Gasteiger partial charge in [-0.25, -0.2) is 0 Å². The molecule has 2 rings (SSSR count). The third kappa shape index (κ3) is 3.16. The van der Waals surface area contributed by atoms with Crippen molar-refractivity contribution >= 4 is 17.7 Å². The van der Waals surface area contributed by atoms with Crippen molar-refractivity contribution in [2.75, 3.05) is 0 Å². The highest BCUT2D eigenvalue weighted by Crippen LogP contribution is 2.04. The van der Waals surface area contributed by atoms with Gasteiger partial charge in [0.2, 0.25) is 17.7 Å². The Labute approximate surface area is 105 Å². The van der Waals surface area contributed by atoms with Gasteiger partial charge in [-0.1, -0.05) is 30.3 Å². The molecule has 1 aromatic carbocycles. The van der Waals surface area contributed by atoms with E-state index in [0.717, 1.165) is 5.56 Å². The molecule has 0 aromatic heterocycles. The van der Waals surface area contributed by atoms with E-state index in [-0.39, 0.29) is 18.2 Å². The quantitative estimate of drug-likeness (QED) is 0.743. The zero-order valence-corrected chi connectivity index (χ0v) is 9.81. The second-order valence-electron chi connectivity index (χ2n) is 4.22. The monoisotopic (exact) mass is 246 g/mol. The summed E-state index contributed by atoms with van der Waals surface area (Å²) in [4.78, 5) is 33.8.